The molecular weight excluding hydrogens is 328 g/mol. The average Bonchev–Trinajstić information content (AvgIpc) is 2.65. The Balaban J connectivity index is 1.36. The highest BCUT2D eigenvalue weighted by Crippen LogP contribution is 2.08. The van der Waals surface area contributed by atoms with Gasteiger partial charge in [-0.2, -0.15) is 0 Å². The minimum absolute atomic E-state index is 0.275. The second-order valence-electron chi connectivity index (χ2n) is 8.98. The molecule has 26 heavy (non-hydrogen) atoms. The van der Waals surface area contributed by atoms with Crippen molar-refractivity contribution >= 4 is 11.8 Å². The van der Waals surface area contributed by atoms with Crippen molar-refractivity contribution in [2.45, 2.75) is 39.5 Å². The number of amides is 2. The molecule has 3 aliphatic heterocycles. The Morgan fingerprint density at radius 1 is 0.692 bits per heavy atom. The lowest BCUT2D eigenvalue weighted by molar-refractivity contribution is -0.898. The van der Waals surface area contributed by atoms with E-state index >= 15 is 0 Å². The van der Waals surface area contributed by atoms with Crippen LogP contribution in [0.5, 0.6) is 0 Å². The van der Waals surface area contributed by atoms with E-state index in [-0.39, 0.29) is 11.8 Å². The lowest BCUT2D eigenvalue weighted by Crippen LogP contribution is -3.14. The van der Waals surface area contributed by atoms with Gasteiger partial charge in [0.05, 0.1) is 26.2 Å². The molecule has 2 amide bonds. The van der Waals surface area contributed by atoms with Crippen LogP contribution in [-0.2, 0) is 9.59 Å². The maximum absolute atomic E-state index is 12.6. The Bertz CT molecular complexity index is 430. The van der Waals surface area contributed by atoms with Crippen molar-refractivity contribution in [1.82, 2.24) is 9.80 Å². The van der Waals surface area contributed by atoms with Gasteiger partial charge in [0.15, 0.2) is 13.1 Å². The molecule has 3 aliphatic rings. The normalized spacial score (nSPS) is 33.2. The smallest absolute Gasteiger partial charge is 0.277 e. The summed E-state index contributed by atoms with van der Waals surface area (Å²) >= 11 is 0. The van der Waals surface area contributed by atoms with Crippen LogP contribution in [0.1, 0.15) is 39.5 Å². The minimum atomic E-state index is 0.275. The van der Waals surface area contributed by atoms with Crippen LogP contribution in [-0.4, -0.2) is 87.1 Å². The van der Waals surface area contributed by atoms with Crippen molar-refractivity contribution in [3.63, 3.8) is 0 Å². The van der Waals surface area contributed by atoms with E-state index in [2.05, 4.69) is 13.8 Å². The van der Waals surface area contributed by atoms with Crippen LogP contribution in [0.2, 0.25) is 0 Å². The van der Waals surface area contributed by atoms with E-state index in [1.54, 1.807) is 0 Å². The molecule has 148 valence electrons. The van der Waals surface area contributed by atoms with E-state index < -0.39 is 0 Å². The fraction of sp³-hybridized carbons (Fsp3) is 0.900. The van der Waals surface area contributed by atoms with Gasteiger partial charge in [0.2, 0.25) is 0 Å². The lowest BCUT2D eigenvalue weighted by atomic mass is 9.99. The van der Waals surface area contributed by atoms with Crippen LogP contribution in [0, 0.1) is 11.8 Å². The van der Waals surface area contributed by atoms with Crippen molar-refractivity contribution in [2.75, 3.05) is 65.4 Å². The van der Waals surface area contributed by atoms with Gasteiger partial charge in [-0.05, 0) is 37.5 Å². The molecule has 3 heterocycles. The number of nitrogens with zero attached hydrogens (tertiary/aromatic N) is 2. The summed E-state index contributed by atoms with van der Waals surface area (Å²) in [6.07, 6.45) is 4.95. The average molecular weight is 367 g/mol. The maximum atomic E-state index is 12.6. The zero-order valence-corrected chi connectivity index (χ0v) is 16.8. The molecule has 0 aromatic rings. The molecule has 0 unspecified atom stereocenters. The molecule has 0 aliphatic carbocycles. The highest BCUT2D eigenvalue weighted by Gasteiger charge is 2.30. The van der Waals surface area contributed by atoms with Crippen LogP contribution in [0.3, 0.4) is 0 Å². The standard InChI is InChI=1S/C20H36N4O2/c1-17-3-7-21(8-4-17)15-19(25)23-11-13-24(14-12-23)20(26)16-22-9-5-18(2)6-10-22/h17-18H,3-16H2,1-2H3/p+2. The molecule has 0 aromatic heterocycles. The van der Waals surface area contributed by atoms with Crippen LogP contribution >= 0.6 is 0 Å². The van der Waals surface area contributed by atoms with Crippen LogP contribution in [0.4, 0.5) is 0 Å². The van der Waals surface area contributed by atoms with E-state index in [0.717, 1.165) is 38.0 Å². The van der Waals surface area contributed by atoms with Crippen molar-refractivity contribution in [2.24, 2.45) is 11.8 Å². The largest absolute Gasteiger partial charge is 0.334 e. The molecule has 6 heteroatoms. The maximum Gasteiger partial charge on any atom is 0.277 e. The minimum Gasteiger partial charge on any atom is -0.334 e. The Morgan fingerprint density at radius 3 is 1.31 bits per heavy atom. The van der Waals surface area contributed by atoms with Gasteiger partial charge in [-0.1, -0.05) is 13.8 Å². The molecule has 0 aromatic carbocycles. The molecular formula is C20H38N4O2+2. The predicted octanol–water partition coefficient (Wildman–Crippen LogP) is -1.71. The predicted molar refractivity (Wildman–Crippen MR) is 101 cm³/mol. The summed E-state index contributed by atoms with van der Waals surface area (Å²) in [5, 5.41) is 0. The number of hydrogen-bond acceptors (Lipinski definition) is 2. The molecule has 6 nitrogen and oxygen atoms in total. The zero-order chi connectivity index (χ0) is 18.5. The molecule has 0 saturated carbocycles. The molecule has 0 spiro atoms. The highest BCUT2D eigenvalue weighted by molar-refractivity contribution is 5.79. The van der Waals surface area contributed by atoms with Crippen molar-refractivity contribution < 1.29 is 19.4 Å². The van der Waals surface area contributed by atoms with E-state index in [4.69, 9.17) is 0 Å². The third kappa shape index (κ3) is 5.43. The highest BCUT2D eigenvalue weighted by atomic mass is 16.2. The third-order valence-corrected chi connectivity index (χ3v) is 6.75. The molecule has 3 rings (SSSR count). The van der Waals surface area contributed by atoms with Gasteiger partial charge in [-0.15, -0.1) is 0 Å². The van der Waals surface area contributed by atoms with Gasteiger partial charge < -0.3 is 19.6 Å². The molecule has 3 saturated heterocycles. The Morgan fingerprint density at radius 2 is 1.00 bits per heavy atom. The first-order valence-electron chi connectivity index (χ1n) is 10.7. The van der Waals surface area contributed by atoms with Crippen molar-refractivity contribution in [3.8, 4) is 0 Å². The summed E-state index contributed by atoms with van der Waals surface area (Å²) in [5.74, 6) is 2.18. The summed E-state index contributed by atoms with van der Waals surface area (Å²) in [6.45, 7) is 13.2. The second kappa shape index (κ2) is 9.18. The first-order chi connectivity index (χ1) is 12.5. The van der Waals surface area contributed by atoms with Crippen LogP contribution < -0.4 is 9.80 Å². The van der Waals surface area contributed by atoms with Gasteiger partial charge in [0.1, 0.15) is 0 Å². The molecule has 0 radical (unpaired) electrons. The second-order valence-corrected chi connectivity index (χ2v) is 8.98. The van der Waals surface area contributed by atoms with Crippen molar-refractivity contribution in [1.29, 1.82) is 0 Å². The number of piperazine rings is 1. The third-order valence-electron chi connectivity index (χ3n) is 6.75. The van der Waals surface area contributed by atoms with E-state index in [9.17, 15) is 9.59 Å². The summed E-state index contributed by atoms with van der Waals surface area (Å²) < 4.78 is 0. The number of rotatable bonds is 4. The number of carbonyl (C=O) groups is 2. The van der Waals surface area contributed by atoms with Gasteiger partial charge in [-0.3, -0.25) is 9.59 Å². The fourth-order valence-electron chi connectivity index (χ4n) is 4.55. The van der Waals surface area contributed by atoms with Gasteiger partial charge in [0.25, 0.3) is 11.8 Å². The SMILES string of the molecule is CC1CC[NH+](CC(=O)N2CCN(C(=O)C[NH+]3CCC(C)CC3)CC2)CC1. The number of quaternary nitrogens is 2. The lowest BCUT2D eigenvalue weighted by Gasteiger charge is -2.36. The monoisotopic (exact) mass is 366 g/mol. The fourth-order valence-corrected chi connectivity index (χ4v) is 4.55. The summed E-state index contributed by atoms with van der Waals surface area (Å²) in [5.41, 5.74) is 0. The quantitative estimate of drug-likeness (QED) is 0.622. The van der Waals surface area contributed by atoms with Crippen molar-refractivity contribution in [3.05, 3.63) is 0 Å². The molecule has 0 bridgehead atoms. The van der Waals surface area contributed by atoms with Crippen LogP contribution in [0.15, 0.2) is 0 Å². The van der Waals surface area contributed by atoms with Gasteiger partial charge in [-0.25, -0.2) is 0 Å². The summed E-state index contributed by atoms with van der Waals surface area (Å²) in [6, 6.07) is 0. The molecule has 2 N–H and O–H groups in total. The Kier molecular flexibility index (Phi) is 6.92. The Labute approximate surface area is 158 Å². The Hall–Kier alpha value is -1.14. The van der Waals surface area contributed by atoms with E-state index in [0.29, 0.717) is 39.3 Å². The number of piperidine rings is 2. The first kappa shape index (κ1) is 19.6. The molecule has 0 atom stereocenters. The van der Waals surface area contributed by atoms with Gasteiger partial charge >= 0.3 is 0 Å². The number of hydrogen-bond donors (Lipinski definition) is 2. The topological polar surface area (TPSA) is 49.5 Å². The number of likely N-dealkylation sites (tertiary alicyclic amines) is 2. The number of carbonyl (C=O) groups excluding carboxylic acids is 2. The molecule has 3 fully saturated rings. The van der Waals surface area contributed by atoms with Crippen LogP contribution in [0.25, 0.3) is 0 Å². The van der Waals surface area contributed by atoms with E-state index in [1.807, 2.05) is 9.80 Å². The van der Waals surface area contributed by atoms with Gasteiger partial charge in [0, 0.05) is 26.2 Å². The zero-order valence-electron chi connectivity index (χ0n) is 16.8. The van der Waals surface area contributed by atoms with E-state index in [1.165, 1.54) is 35.5 Å². The summed E-state index contributed by atoms with van der Waals surface area (Å²) in [7, 11) is 0. The first-order valence-corrected chi connectivity index (χ1v) is 10.7. The summed E-state index contributed by atoms with van der Waals surface area (Å²) in [4.78, 5) is 32.0. The number of nitrogens with one attached hydrogen (secondary N) is 2.